The summed E-state index contributed by atoms with van der Waals surface area (Å²) in [5.41, 5.74) is 0.520. The highest BCUT2D eigenvalue weighted by atomic mass is 35.5. The molecule has 8 heteroatoms. The van der Waals surface area contributed by atoms with E-state index in [1.807, 2.05) is 0 Å². The van der Waals surface area contributed by atoms with Gasteiger partial charge in [-0.15, -0.1) is 0 Å². The third-order valence-corrected chi connectivity index (χ3v) is 4.85. The van der Waals surface area contributed by atoms with E-state index >= 15 is 0 Å². The van der Waals surface area contributed by atoms with Crippen molar-refractivity contribution in [3.63, 3.8) is 0 Å². The molecule has 0 radical (unpaired) electrons. The quantitative estimate of drug-likeness (QED) is 0.432. The fourth-order valence-corrected chi connectivity index (χ4v) is 3.00. The standard InChI is InChI=1S/C19H13Cl2NO5/c1-10(19(26)27-9-16(23)11-5-3-2-4-6-11)22-17(24)12-7-14(20)15(21)8-13(12)18(22)25/h2-8,10H,9H2,1H3/t10-/m1/s1. The van der Waals surface area contributed by atoms with Gasteiger partial charge in [-0.1, -0.05) is 53.5 Å². The van der Waals surface area contributed by atoms with Crippen molar-refractivity contribution in [2.45, 2.75) is 13.0 Å². The summed E-state index contributed by atoms with van der Waals surface area (Å²) in [6.07, 6.45) is 0. The normalized spacial score (nSPS) is 14.1. The van der Waals surface area contributed by atoms with Crippen LogP contribution in [-0.2, 0) is 9.53 Å². The first kappa shape index (κ1) is 19.1. The zero-order valence-corrected chi connectivity index (χ0v) is 15.6. The number of carbonyl (C=O) groups is 4. The molecule has 0 aliphatic carbocycles. The molecule has 0 unspecified atom stereocenters. The zero-order chi connectivity index (χ0) is 19.7. The molecule has 1 atom stereocenters. The van der Waals surface area contributed by atoms with E-state index in [4.69, 9.17) is 27.9 Å². The van der Waals surface area contributed by atoms with E-state index in [1.54, 1.807) is 30.3 Å². The van der Waals surface area contributed by atoms with E-state index in [2.05, 4.69) is 0 Å². The first-order chi connectivity index (χ1) is 12.8. The second-order valence-corrected chi connectivity index (χ2v) is 6.68. The third kappa shape index (κ3) is 3.59. The predicted octanol–water partition coefficient (Wildman–Crippen LogP) is 3.40. The maximum Gasteiger partial charge on any atom is 0.329 e. The molecule has 2 aromatic rings. The van der Waals surface area contributed by atoms with Gasteiger partial charge in [0.15, 0.2) is 12.4 Å². The third-order valence-electron chi connectivity index (χ3n) is 4.13. The molecule has 2 amide bonds. The summed E-state index contributed by atoms with van der Waals surface area (Å²) in [6.45, 7) is 0.855. The molecule has 0 aromatic heterocycles. The van der Waals surface area contributed by atoms with Crippen LogP contribution < -0.4 is 0 Å². The van der Waals surface area contributed by atoms with Gasteiger partial charge < -0.3 is 4.74 Å². The van der Waals surface area contributed by atoms with Crippen molar-refractivity contribution in [3.05, 3.63) is 69.2 Å². The molecule has 3 rings (SSSR count). The van der Waals surface area contributed by atoms with Gasteiger partial charge in [-0.25, -0.2) is 4.79 Å². The van der Waals surface area contributed by atoms with Gasteiger partial charge in [-0.05, 0) is 19.1 Å². The van der Waals surface area contributed by atoms with Crippen LogP contribution in [0.4, 0.5) is 0 Å². The number of ether oxygens (including phenoxy) is 1. The number of esters is 1. The SMILES string of the molecule is C[C@H](C(=O)OCC(=O)c1ccccc1)N1C(=O)c2cc(Cl)c(Cl)cc2C1=O. The lowest BCUT2D eigenvalue weighted by Crippen LogP contribution is -2.44. The highest BCUT2D eigenvalue weighted by molar-refractivity contribution is 6.43. The minimum Gasteiger partial charge on any atom is -0.456 e. The Morgan fingerprint density at radius 3 is 2.04 bits per heavy atom. The number of fused-ring (bicyclic) bond motifs is 1. The Morgan fingerprint density at radius 2 is 1.52 bits per heavy atom. The average molecular weight is 406 g/mol. The van der Waals surface area contributed by atoms with Crippen LogP contribution in [0.5, 0.6) is 0 Å². The van der Waals surface area contributed by atoms with Crippen LogP contribution >= 0.6 is 23.2 Å². The van der Waals surface area contributed by atoms with Gasteiger partial charge in [0.1, 0.15) is 6.04 Å². The van der Waals surface area contributed by atoms with Crippen LogP contribution in [0, 0.1) is 0 Å². The first-order valence-corrected chi connectivity index (χ1v) is 8.68. The summed E-state index contributed by atoms with van der Waals surface area (Å²) in [4.78, 5) is 50.1. The number of halogens is 2. The molecule has 0 bridgehead atoms. The molecule has 1 aliphatic rings. The van der Waals surface area contributed by atoms with Crippen molar-refractivity contribution in [3.8, 4) is 0 Å². The number of rotatable bonds is 5. The number of Topliss-reactive ketones (excluding diaryl/α,β-unsaturated/α-hetero) is 1. The molecular formula is C19H13Cl2NO5. The highest BCUT2D eigenvalue weighted by Crippen LogP contribution is 2.32. The fourth-order valence-electron chi connectivity index (χ4n) is 2.67. The van der Waals surface area contributed by atoms with Crippen molar-refractivity contribution >= 4 is 46.8 Å². The van der Waals surface area contributed by atoms with Crippen LogP contribution in [0.2, 0.25) is 10.0 Å². The maximum absolute atomic E-state index is 12.5. The smallest absolute Gasteiger partial charge is 0.329 e. The lowest BCUT2D eigenvalue weighted by molar-refractivity contribution is -0.146. The number of hydrogen-bond acceptors (Lipinski definition) is 5. The molecule has 1 heterocycles. The summed E-state index contributed by atoms with van der Waals surface area (Å²) < 4.78 is 4.99. The second kappa shape index (κ2) is 7.50. The van der Waals surface area contributed by atoms with Crippen LogP contribution in [0.3, 0.4) is 0 Å². The van der Waals surface area contributed by atoms with Crippen molar-refractivity contribution in [1.82, 2.24) is 4.90 Å². The maximum atomic E-state index is 12.5. The molecule has 6 nitrogen and oxygen atoms in total. The molecule has 0 N–H and O–H groups in total. The van der Waals surface area contributed by atoms with E-state index < -0.39 is 36.2 Å². The minimum absolute atomic E-state index is 0.0643. The van der Waals surface area contributed by atoms with E-state index in [1.165, 1.54) is 19.1 Å². The van der Waals surface area contributed by atoms with Gasteiger partial charge in [0.2, 0.25) is 0 Å². The largest absolute Gasteiger partial charge is 0.456 e. The Hall–Kier alpha value is -2.70. The summed E-state index contributed by atoms with van der Waals surface area (Å²) in [7, 11) is 0. The monoisotopic (exact) mass is 405 g/mol. The lowest BCUT2D eigenvalue weighted by atomic mass is 10.1. The topological polar surface area (TPSA) is 80.8 Å². The van der Waals surface area contributed by atoms with Gasteiger partial charge in [-0.3, -0.25) is 19.3 Å². The van der Waals surface area contributed by atoms with Crippen LogP contribution in [0.25, 0.3) is 0 Å². The summed E-state index contributed by atoms with van der Waals surface area (Å²) in [5.74, 6) is -2.61. The van der Waals surface area contributed by atoms with Crippen LogP contribution in [-0.4, -0.2) is 41.1 Å². The Kier molecular flexibility index (Phi) is 5.30. The van der Waals surface area contributed by atoms with Gasteiger partial charge >= 0.3 is 5.97 Å². The van der Waals surface area contributed by atoms with Crippen LogP contribution in [0.1, 0.15) is 38.0 Å². The average Bonchev–Trinajstić information content (AvgIpc) is 2.90. The first-order valence-electron chi connectivity index (χ1n) is 7.93. The number of ketones is 1. The molecule has 1 aliphatic heterocycles. The number of nitrogens with zero attached hydrogens (tertiary/aromatic N) is 1. The highest BCUT2D eigenvalue weighted by Gasteiger charge is 2.42. The van der Waals surface area contributed by atoms with E-state index in [9.17, 15) is 19.2 Å². The molecule has 0 fully saturated rings. The molecule has 2 aromatic carbocycles. The summed E-state index contributed by atoms with van der Waals surface area (Å²) >= 11 is 11.8. The zero-order valence-electron chi connectivity index (χ0n) is 14.1. The number of hydrogen-bond donors (Lipinski definition) is 0. The number of amides is 2. The van der Waals surface area contributed by atoms with Crippen LogP contribution in [0.15, 0.2) is 42.5 Å². The van der Waals surface area contributed by atoms with Crippen molar-refractivity contribution < 1.29 is 23.9 Å². The number of carbonyl (C=O) groups excluding carboxylic acids is 4. The molecule has 0 saturated heterocycles. The molecular weight excluding hydrogens is 393 g/mol. The van der Waals surface area contributed by atoms with Crippen molar-refractivity contribution in [2.75, 3.05) is 6.61 Å². The molecule has 0 spiro atoms. The Morgan fingerprint density at radius 1 is 1.00 bits per heavy atom. The van der Waals surface area contributed by atoms with E-state index in [-0.39, 0.29) is 21.2 Å². The van der Waals surface area contributed by atoms with Gasteiger partial charge in [0.05, 0.1) is 21.2 Å². The number of imide groups is 1. The fraction of sp³-hybridized carbons (Fsp3) is 0.158. The Labute approximate surface area is 164 Å². The van der Waals surface area contributed by atoms with E-state index in [0.29, 0.717) is 5.56 Å². The lowest BCUT2D eigenvalue weighted by Gasteiger charge is -2.20. The van der Waals surface area contributed by atoms with Gasteiger partial charge in [0.25, 0.3) is 11.8 Å². The molecule has 27 heavy (non-hydrogen) atoms. The van der Waals surface area contributed by atoms with Crippen molar-refractivity contribution in [2.24, 2.45) is 0 Å². The van der Waals surface area contributed by atoms with Gasteiger partial charge in [0, 0.05) is 5.56 Å². The Balaban J connectivity index is 1.71. The number of benzene rings is 2. The summed E-state index contributed by atoms with van der Waals surface area (Å²) in [6, 6.07) is 9.69. The predicted molar refractivity (Wildman–Crippen MR) is 98.2 cm³/mol. The van der Waals surface area contributed by atoms with Gasteiger partial charge in [-0.2, -0.15) is 0 Å². The molecule has 0 saturated carbocycles. The second-order valence-electron chi connectivity index (χ2n) is 5.87. The Bertz CT molecular complexity index is 917. The summed E-state index contributed by atoms with van der Waals surface area (Å²) in [5, 5.41) is 0.254. The minimum atomic E-state index is -1.21. The van der Waals surface area contributed by atoms with E-state index in [0.717, 1.165) is 4.90 Å². The molecule has 138 valence electrons. The van der Waals surface area contributed by atoms with Crippen molar-refractivity contribution in [1.29, 1.82) is 0 Å².